The average Bonchev–Trinajstić information content (AvgIpc) is 3.03. The first-order valence-corrected chi connectivity index (χ1v) is 14.0. The van der Waals surface area contributed by atoms with E-state index in [0.29, 0.717) is 12.8 Å². The molecule has 0 aromatic carbocycles. The van der Waals surface area contributed by atoms with Crippen LogP contribution in [0, 0.1) is 5.92 Å². The topological polar surface area (TPSA) is 206 Å². The molecule has 0 aliphatic carbocycles. The minimum absolute atomic E-state index is 0.0690. The summed E-state index contributed by atoms with van der Waals surface area (Å²) in [4.78, 5) is 47.7. The maximum absolute atomic E-state index is 12.7. The number of hydrogen-bond acceptors (Lipinski definition) is 9. The van der Waals surface area contributed by atoms with Crippen molar-refractivity contribution in [2.45, 2.75) is 83.2 Å². The Bertz CT molecular complexity index is 794. The quantitative estimate of drug-likeness (QED) is 0.122. The van der Waals surface area contributed by atoms with Crippen LogP contribution in [0.5, 0.6) is 0 Å². The SMILES string of the molecule is CCCC(CCC)C(=O)NC(C)(COP(=O)(O)CCN1[C@H](CO)[C@@H](O)[C@H](O)[C@H]1CNC(C)=O)C(=O)O. The van der Waals surface area contributed by atoms with Crippen molar-refractivity contribution in [3.05, 3.63) is 0 Å². The molecule has 1 aliphatic rings. The van der Waals surface area contributed by atoms with E-state index in [-0.39, 0.29) is 24.9 Å². The highest BCUT2D eigenvalue weighted by molar-refractivity contribution is 7.52. The molecule has 1 saturated heterocycles. The van der Waals surface area contributed by atoms with Crippen molar-refractivity contribution < 1.29 is 48.8 Å². The Kier molecular flexibility index (Phi) is 12.9. The molecule has 6 atom stereocenters. The second-order valence-electron chi connectivity index (χ2n) is 9.51. The number of carboxylic acids is 1. The van der Waals surface area contributed by atoms with Gasteiger partial charge in [0.05, 0.1) is 43.7 Å². The molecular formula is C22H42N3O10P. The van der Waals surface area contributed by atoms with Crippen LogP contribution >= 0.6 is 7.60 Å². The third-order valence-electron chi connectivity index (χ3n) is 6.45. The van der Waals surface area contributed by atoms with Gasteiger partial charge in [0.25, 0.3) is 0 Å². The molecule has 7 N–H and O–H groups in total. The molecule has 210 valence electrons. The summed E-state index contributed by atoms with van der Waals surface area (Å²) in [5.41, 5.74) is -1.95. The Hall–Kier alpha value is -1.60. The van der Waals surface area contributed by atoms with E-state index < -0.39 is 68.7 Å². The number of carbonyl (C=O) groups excluding carboxylic acids is 2. The molecule has 14 heteroatoms. The summed E-state index contributed by atoms with van der Waals surface area (Å²) in [6, 6.07) is -1.78. The summed E-state index contributed by atoms with van der Waals surface area (Å²) in [6.45, 7) is 4.70. The van der Waals surface area contributed by atoms with Gasteiger partial charge in [0.15, 0.2) is 5.54 Å². The number of nitrogens with zero attached hydrogens (tertiary/aromatic N) is 1. The van der Waals surface area contributed by atoms with Crippen LogP contribution in [-0.4, -0.2) is 110 Å². The van der Waals surface area contributed by atoms with Crippen LogP contribution in [0.2, 0.25) is 0 Å². The fourth-order valence-electron chi connectivity index (χ4n) is 4.29. The minimum Gasteiger partial charge on any atom is -0.479 e. The van der Waals surface area contributed by atoms with Gasteiger partial charge in [-0.05, 0) is 19.8 Å². The fourth-order valence-corrected chi connectivity index (χ4v) is 5.36. The maximum atomic E-state index is 12.7. The number of aliphatic hydroxyl groups is 3. The van der Waals surface area contributed by atoms with E-state index in [0.717, 1.165) is 12.8 Å². The lowest BCUT2D eigenvalue weighted by atomic mass is 9.95. The largest absolute Gasteiger partial charge is 0.479 e. The molecule has 0 spiro atoms. The van der Waals surface area contributed by atoms with E-state index in [1.54, 1.807) is 0 Å². The van der Waals surface area contributed by atoms with Gasteiger partial charge < -0.3 is 40.5 Å². The van der Waals surface area contributed by atoms with Gasteiger partial charge in [-0.15, -0.1) is 0 Å². The lowest BCUT2D eigenvalue weighted by molar-refractivity contribution is -0.149. The fraction of sp³-hybridized carbons (Fsp3) is 0.864. The summed E-state index contributed by atoms with van der Waals surface area (Å²) in [6.07, 6.45) is -0.557. The molecule has 0 bridgehead atoms. The number of carboxylic acid groups (broad SMARTS) is 1. The molecule has 0 saturated carbocycles. The van der Waals surface area contributed by atoms with Crippen LogP contribution in [0.1, 0.15) is 53.4 Å². The van der Waals surface area contributed by atoms with Crippen molar-refractivity contribution >= 4 is 25.4 Å². The van der Waals surface area contributed by atoms with Crippen LogP contribution in [0.25, 0.3) is 0 Å². The Labute approximate surface area is 211 Å². The normalized spacial score (nSPS) is 25.8. The molecule has 1 fully saturated rings. The van der Waals surface area contributed by atoms with Gasteiger partial charge in [-0.3, -0.25) is 19.1 Å². The second-order valence-corrected chi connectivity index (χ2v) is 11.5. The first-order chi connectivity index (χ1) is 16.7. The van der Waals surface area contributed by atoms with Crippen molar-refractivity contribution in [2.75, 3.05) is 32.5 Å². The lowest BCUT2D eigenvalue weighted by Gasteiger charge is -2.31. The van der Waals surface area contributed by atoms with Gasteiger partial charge in [0, 0.05) is 25.9 Å². The predicted octanol–water partition coefficient (Wildman–Crippen LogP) is -0.733. The molecule has 0 aromatic rings. The molecule has 2 amide bonds. The highest BCUT2D eigenvalue weighted by atomic mass is 31.2. The van der Waals surface area contributed by atoms with Crippen LogP contribution in [0.3, 0.4) is 0 Å². The predicted molar refractivity (Wildman–Crippen MR) is 130 cm³/mol. The molecule has 1 aliphatic heterocycles. The van der Waals surface area contributed by atoms with E-state index in [1.807, 2.05) is 13.8 Å². The first kappa shape index (κ1) is 32.4. The highest BCUT2D eigenvalue weighted by Gasteiger charge is 2.47. The number of rotatable bonds is 16. The molecule has 2 unspecified atom stereocenters. The van der Waals surface area contributed by atoms with Crippen LogP contribution in [0.15, 0.2) is 0 Å². The van der Waals surface area contributed by atoms with E-state index in [1.165, 1.54) is 18.7 Å². The van der Waals surface area contributed by atoms with Crippen molar-refractivity contribution in [3.63, 3.8) is 0 Å². The zero-order valence-corrected chi connectivity index (χ0v) is 22.3. The van der Waals surface area contributed by atoms with Crippen LogP contribution in [0.4, 0.5) is 0 Å². The van der Waals surface area contributed by atoms with Gasteiger partial charge in [0.2, 0.25) is 11.8 Å². The van der Waals surface area contributed by atoms with E-state index >= 15 is 0 Å². The summed E-state index contributed by atoms with van der Waals surface area (Å²) < 4.78 is 17.8. The van der Waals surface area contributed by atoms with Gasteiger partial charge in [-0.2, -0.15) is 0 Å². The molecular weight excluding hydrogens is 497 g/mol. The smallest absolute Gasteiger partial charge is 0.331 e. The second kappa shape index (κ2) is 14.4. The van der Waals surface area contributed by atoms with Crippen LogP contribution < -0.4 is 10.6 Å². The van der Waals surface area contributed by atoms with Crippen molar-refractivity contribution in [2.24, 2.45) is 5.92 Å². The Morgan fingerprint density at radius 2 is 1.67 bits per heavy atom. The van der Waals surface area contributed by atoms with Crippen molar-refractivity contribution in [1.29, 1.82) is 0 Å². The molecule has 13 nitrogen and oxygen atoms in total. The lowest BCUT2D eigenvalue weighted by Crippen LogP contribution is -2.56. The molecule has 36 heavy (non-hydrogen) atoms. The number of likely N-dealkylation sites (tertiary alicyclic amines) is 1. The third kappa shape index (κ3) is 9.05. The number of aliphatic hydroxyl groups excluding tert-OH is 3. The van der Waals surface area contributed by atoms with E-state index in [9.17, 15) is 44.3 Å². The Morgan fingerprint density at radius 3 is 2.14 bits per heavy atom. The van der Waals surface area contributed by atoms with Crippen LogP contribution in [-0.2, 0) is 23.5 Å². The average molecular weight is 540 g/mol. The maximum Gasteiger partial charge on any atom is 0.331 e. The Morgan fingerprint density at radius 1 is 1.11 bits per heavy atom. The summed E-state index contributed by atoms with van der Waals surface area (Å²) in [5, 5.41) is 44.9. The van der Waals surface area contributed by atoms with Gasteiger partial charge in [0.1, 0.15) is 0 Å². The first-order valence-electron chi connectivity index (χ1n) is 12.2. The number of hydrogen-bond donors (Lipinski definition) is 7. The summed E-state index contributed by atoms with van der Waals surface area (Å²) >= 11 is 0. The minimum atomic E-state index is -4.40. The van der Waals surface area contributed by atoms with Gasteiger partial charge >= 0.3 is 13.6 Å². The van der Waals surface area contributed by atoms with Crippen molar-refractivity contribution in [1.82, 2.24) is 15.5 Å². The highest BCUT2D eigenvalue weighted by Crippen LogP contribution is 2.43. The summed E-state index contributed by atoms with van der Waals surface area (Å²) in [5.74, 6) is -2.66. The molecule has 0 radical (unpaired) electrons. The monoisotopic (exact) mass is 539 g/mol. The van der Waals surface area contributed by atoms with Gasteiger partial charge in [-0.25, -0.2) is 4.79 Å². The zero-order chi connectivity index (χ0) is 27.7. The summed E-state index contributed by atoms with van der Waals surface area (Å²) in [7, 11) is -4.40. The Balaban J connectivity index is 2.88. The molecule has 1 rings (SSSR count). The standard InChI is InChI=1S/C22H42N3O10P/c1-5-7-15(8-6-2)20(30)24-22(4,21(31)32)13-35-36(33,34)10-9-25-16(11-23-14(3)27)18(28)19(29)17(25)12-26/h15-19,26,28-29H,5-13H2,1-4H3,(H,23,27)(H,24,30)(H,31,32)(H,33,34)/t16-,17-,18-,19-,22?/m1/s1. The van der Waals surface area contributed by atoms with E-state index in [2.05, 4.69) is 10.6 Å². The zero-order valence-electron chi connectivity index (χ0n) is 21.4. The molecule has 0 aromatic heterocycles. The number of carbonyl (C=O) groups is 3. The molecule has 1 heterocycles. The number of nitrogens with one attached hydrogen (secondary N) is 2. The van der Waals surface area contributed by atoms with E-state index in [4.69, 9.17) is 4.52 Å². The van der Waals surface area contributed by atoms with Crippen molar-refractivity contribution in [3.8, 4) is 0 Å². The van der Waals surface area contributed by atoms with Gasteiger partial charge in [-0.1, -0.05) is 26.7 Å². The number of amides is 2. The third-order valence-corrected chi connectivity index (χ3v) is 7.75. The number of aliphatic carboxylic acids is 1.